The number of nitrogens with zero attached hydrogens (tertiary/aromatic N) is 2. The topological polar surface area (TPSA) is 72.9 Å². The van der Waals surface area contributed by atoms with E-state index in [4.69, 9.17) is 5.73 Å². The van der Waals surface area contributed by atoms with Gasteiger partial charge < -0.3 is 11.1 Å². The number of carbonyl (C=O) groups is 1. The largest absolute Gasteiger partial charge is 0.408 e. The highest BCUT2D eigenvalue weighted by molar-refractivity contribution is 5.84. The molecule has 0 fully saturated rings. The van der Waals surface area contributed by atoms with Crippen LogP contribution in [0.1, 0.15) is 11.6 Å². The third-order valence-electron chi connectivity index (χ3n) is 2.70. The summed E-state index contributed by atoms with van der Waals surface area (Å²) in [5, 5.41) is 6.37. The van der Waals surface area contributed by atoms with E-state index in [1.165, 1.54) is 12.4 Å². The maximum Gasteiger partial charge on any atom is 0.408 e. The number of hydrogen-bond donors (Lipinski definition) is 2. The molecule has 0 saturated heterocycles. The number of carbonyl (C=O) groups excluding carboxylic acids is 1. The van der Waals surface area contributed by atoms with Crippen LogP contribution in [0.5, 0.6) is 0 Å². The molecule has 1 heterocycles. The number of amides is 1. The number of hydrogen-bond acceptors (Lipinski definition) is 3. The van der Waals surface area contributed by atoms with Crippen molar-refractivity contribution in [2.24, 2.45) is 5.73 Å². The van der Waals surface area contributed by atoms with Gasteiger partial charge in [0, 0.05) is 6.20 Å². The Morgan fingerprint density at radius 2 is 2.00 bits per heavy atom. The fraction of sp³-hybridized carbons (Fsp3) is 0.231. The van der Waals surface area contributed by atoms with Crippen molar-refractivity contribution in [2.45, 2.75) is 18.8 Å². The van der Waals surface area contributed by atoms with Gasteiger partial charge in [-0.2, -0.15) is 18.3 Å². The monoisotopic (exact) mass is 298 g/mol. The molecule has 0 spiro atoms. The predicted octanol–water partition coefficient (Wildman–Crippen LogP) is 2.08. The van der Waals surface area contributed by atoms with Crippen molar-refractivity contribution in [3.63, 3.8) is 0 Å². The van der Waals surface area contributed by atoms with Crippen LogP contribution in [-0.4, -0.2) is 21.9 Å². The molecule has 0 aliphatic heterocycles. The first-order valence-electron chi connectivity index (χ1n) is 6.05. The van der Waals surface area contributed by atoms with Crippen molar-refractivity contribution >= 4 is 11.6 Å². The van der Waals surface area contributed by atoms with E-state index in [9.17, 15) is 18.0 Å². The standard InChI is InChI=1S/C13H13F3N4O/c14-13(15,16)8-20-7-10(6-18-20)19-11(12(17)21)9-4-2-1-3-5-9/h1-7,11,19H,8H2,(H2,17,21)/t11-/m0/s1. The van der Waals surface area contributed by atoms with Gasteiger partial charge in [-0.3, -0.25) is 9.48 Å². The van der Waals surface area contributed by atoms with Gasteiger partial charge in [-0.1, -0.05) is 30.3 Å². The quantitative estimate of drug-likeness (QED) is 0.887. The highest BCUT2D eigenvalue weighted by Gasteiger charge is 2.28. The normalized spacial score (nSPS) is 12.9. The fourth-order valence-electron chi connectivity index (χ4n) is 1.84. The molecule has 1 aromatic carbocycles. The van der Waals surface area contributed by atoms with E-state index in [-0.39, 0.29) is 5.69 Å². The SMILES string of the molecule is NC(=O)[C@@H](Nc1cnn(CC(F)(F)F)c1)c1ccccc1. The first kappa shape index (κ1) is 14.9. The minimum Gasteiger partial charge on any atom is -0.368 e. The second-order valence-electron chi connectivity index (χ2n) is 4.43. The van der Waals surface area contributed by atoms with Gasteiger partial charge in [-0.05, 0) is 5.56 Å². The minimum absolute atomic E-state index is 0.284. The Morgan fingerprint density at radius 1 is 1.33 bits per heavy atom. The molecule has 1 aromatic heterocycles. The summed E-state index contributed by atoms with van der Waals surface area (Å²) in [6.45, 7) is -1.19. The zero-order valence-corrected chi connectivity index (χ0v) is 10.8. The van der Waals surface area contributed by atoms with Crippen LogP contribution in [0.2, 0.25) is 0 Å². The molecule has 2 aromatic rings. The van der Waals surface area contributed by atoms with Crippen molar-refractivity contribution in [2.75, 3.05) is 5.32 Å². The van der Waals surface area contributed by atoms with Gasteiger partial charge in [0.05, 0.1) is 11.9 Å². The minimum atomic E-state index is -4.36. The Kier molecular flexibility index (Phi) is 4.15. The molecular formula is C13H13F3N4O. The summed E-state index contributed by atoms with van der Waals surface area (Å²) >= 11 is 0. The third-order valence-corrected chi connectivity index (χ3v) is 2.70. The number of primary amides is 1. The first-order chi connectivity index (χ1) is 9.85. The fourth-order valence-corrected chi connectivity index (χ4v) is 1.84. The number of aromatic nitrogens is 2. The smallest absolute Gasteiger partial charge is 0.368 e. The Hall–Kier alpha value is -2.51. The predicted molar refractivity (Wildman–Crippen MR) is 70.3 cm³/mol. The number of anilines is 1. The lowest BCUT2D eigenvalue weighted by Gasteiger charge is -2.15. The Labute approximate surface area is 118 Å². The van der Waals surface area contributed by atoms with Gasteiger partial charge in [0.2, 0.25) is 5.91 Å². The summed E-state index contributed by atoms with van der Waals surface area (Å²) in [6.07, 6.45) is -1.97. The molecule has 0 aliphatic rings. The molecule has 0 radical (unpaired) electrons. The number of alkyl halides is 3. The molecule has 1 atom stereocenters. The third kappa shape index (κ3) is 4.23. The zero-order valence-electron chi connectivity index (χ0n) is 10.8. The van der Waals surface area contributed by atoms with Crippen LogP contribution in [0.15, 0.2) is 42.7 Å². The molecular weight excluding hydrogens is 285 g/mol. The van der Waals surface area contributed by atoms with Gasteiger partial charge >= 0.3 is 6.18 Å². The van der Waals surface area contributed by atoms with Gasteiger partial charge in [0.25, 0.3) is 0 Å². The summed E-state index contributed by atoms with van der Waals surface area (Å²) in [5.74, 6) is -0.634. The summed E-state index contributed by atoms with van der Waals surface area (Å²) in [4.78, 5) is 11.5. The zero-order chi connectivity index (χ0) is 15.5. The maximum atomic E-state index is 12.3. The van der Waals surface area contributed by atoms with Crippen LogP contribution in [0, 0.1) is 0 Å². The van der Waals surface area contributed by atoms with Crippen molar-refractivity contribution in [1.82, 2.24) is 9.78 Å². The molecule has 0 aliphatic carbocycles. The van der Waals surface area contributed by atoms with E-state index in [0.29, 0.717) is 5.56 Å². The van der Waals surface area contributed by atoms with E-state index in [0.717, 1.165) is 4.68 Å². The molecule has 8 heteroatoms. The van der Waals surface area contributed by atoms with E-state index in [1.54, 1.807) is 30.3 Å². The Bertz CT molecular complexity index is 609. The molecule has 0 bridgehead atoms. The van der Waals surface area contributed by atoms with E-state index < -0.39 is 24.7 Å². The lowest BCUT2D eigenvalue weighted by Crippen LogP contribution is -2.27. The van der Waals surface area contributed by atoms with Crippen LogP contribution in [0.25, 0.3) is 0 Å². The van der Waals surface area contributed by atoms with Crippen LogP contribution in [0.4, 0.5) is 18.9 Å². The van der Waals surface area contributed by atoms with Crippen molar-refractivity contribution < 1.29 is 18.0 Å². The average molecular weight is 298 g/mol. The number of nitrogens with two attached hydrogens (primary N) is 1. The van der Waals surface area contributed by atoms with E-state index in [1.807, 2.05) is 0 Å². The molecule has 0 unspecified atom stereocenters. The second kappa shape index (κ2) is 5.86. The van der Waals surface area contributed by atoms with E-state index >= 15 is 0 Å². The van der Waals surface area contributed by atoms with Crippen LogP contribution < -0.4 is 11.1 Å². The molecule has 1 amide bonds. The molecule has 21 heavy (non-hydrogen) atoms. The Morgan fingerprint density at radius 3 is 2.57 bits per heavy atom. The van der Waals surface area contributed by atoms with Gasteiger partial charge in [0.1, 0.15) is 12.6 Å². The highest BCUT2D eigenvalue weighted by atomic mass is 19.4. The van der Waals surface area contributed by atoms with Crippen molar-refractivity contribution in [3.05, 3.63) is 48.3 Å². The summed E-state index contributed by atoms with van der Waals surface area (Å²) in [6, 6.07) is 7.81. The van der Waals surface area contributed by atoms with Gasteiger partial charge in [-0.15, -0.1) is 0 Å². The summed E-state index contributed by atoms with van der Waals surface area (Å²) in [7, 11) is 0. The molecule has 112 valence electrons. The van der Waals surface area contributed by atoms with Crippen molar-refractivity contribution in [1.29, 1.82) is 0 Å². The number of benzene rings is 1. The second-order valence-corrected chi connectivity index (χ2v) is 4.43. The maximum absolute atomic E-state index is 12.3. The van der Waals surface area contributed by atoms with Crippen LogP contribution >= 0.6 is 0 Å². The lowest BCUT2D eigenvalue weighted by molar-refractivity contribution is -0.142. The summed E-state index contributed by atoms with van der Waals surface area (Å²) < 4.78 is 37.5. The first-order valence-corrected chi connectivity index (χ1v) is 6.05. The van der Waals surface area contributed by atoms with Gasteiger partial charge in [-0.25, -0.2) is 0 Å². The molecule has 2 rings (SSSR count). The summed E-state index contributed by atoms with van der Waals surface area (Å²) in [5.41, 5.74) is 6.22. The van der Waals surface area contributed by atoms with E-state index in [2.05, 4.69) is 10.4 Å². The number of nitrogens with one attached hydrogen (secondary N) is 1. The highest BCUT2D eigenvalue weighted by Crippen LogP contribution is 2.21. The van der Waals surface area contributed by atoms with Crippen LogP contribution in [0.3, 0.4) is 0 Å². The number of rotatable bonds is 5. The van der Waals surface area contributed by atoms with Crippen molar-refractivity contribution in [3.8, 4) is 0 Å². The van der Waals surface area contributed by atoms with Crippen LogP contribution in [-0.2, 0) is 11.3 Å². The number of halogens is 3. The molecule has 5 nitrogen and oxygen atoms in total. The molecule has 0 saturated carbocycles. The lowest BCUT2D eigenvalue weighted by atomic mass is 10.1. The Balaban J connectivity index is 2.13. The average Bonchev–Trinajstić information content (AvgIpc) is 2.81. The molecule has 3 N–H and O–H groups in total. The van der Waals surface area contributed by atoms with Gasteiger partial charge in [0.15, 0.2) is 0 Å².